The lowest BCUT2D eigenvalue weighted by Crippen LogP contribution is -2.60. The molecule has 3 aromatic rings. The Balaban J connectivity index is 1.14. The van der Waals surface area contributed by atoms with Crippen molar-refractivity contribution in [3.05, 3.63) is 57.0 Å². The highest BCUT2D eigenvalue weighted by Gasteiger charge is 2.38. The highest BCUT2D eigenvalue weighted by molar-refractivity contribution is 7.10. The lowest BCUT2D eigenvalue weighted by molar-refractivity contribution is -0.142. The van der Waals surface area contributed by atoms with Crippen LogP contribution in [0.2, 0.25) is 0 Å². The summed E-state index contributed by atoms with van der Waals surface area (Å²) in [4.78, 5) is 18.9. The van der Waals surface area contributed by atoms with E-state index in [0.717, 1.165) is 66.2 Å². The second-order valence-corrected chi connectivity index (χ2v) is 10.5. The molecule has 3 unspecified atom stereocenters. The van der Waals surface area contributed by atoms with Gasteiger partial charge in [-0.05, 0) is 76.4 Å². The lowest BCUT2D eigenvalue weighted by atomic mass is 9.81. The molecule has 1 aliphatic carbocycles. The summed E-state index contributed by atoms with van der Waals surface area (Å²) in [5.74, 6) is 0.138. The molecule has 3 atom stereocenters. The predicted octanol–water partition coefficient (Wildman–Crippen LogP) is 2.61. The summed E-state index contributed by atoms with van der Waals surface area (Å²) in [5.41, 5.74) is 5.44. The van der Waals surface area contributed by atoms with Gasteiger partial charge in [-0.1, -0.05) is 6.07 Å². The van der Waals surface area contributed by atoms with Crippen LogP contribution in [-0.4, -0.2) is 74.7 Å². The van der Waals surface area contributed by atoms with Gasteiger partial charge in [0, 0.05) is 26.2 Å². The van der Waals surface area contributed by atoms with Crippen LogP contribution in [0.3, 0.4) is 0 Å². The molecule has 0 spiro atoms. The SMILES string of the molecule is Cc1c(C2CN3CCN(C(=O)C4CCCc5cc(-n6cnnn6)ccc54)CC3CO2)csc1C#N. The minimum Gasteiger partial charge on any atom is -0.370 e. The number of nitrogens with zero attached hydrogens (tertiary/aromatic N) is 7. The summed E-state index contributed by atoms with van der Waals surface area (Å²) in [6.45, 7) is 5.70. The van der Waals surface area contributed by atoms with Gasteiger partial charge in [0.05, 0.1) is 30.4 Å². The van der Waals surface area contributed by atoms with E-state index in [1.807, 2.05) is 17.9 Å². The topological polar surface area (TPSA) is 100 Å². The van der Waals surface area contributed by atoms with Crippen LogP contribution in [0.1, 0.15) is 52.0 Å². The quantitative estimate of drug-likeness (QED) is 0.557. The van der Waals surface area contributed by atoms with Crippen LogP contribution in [0, 0.1) is 18.3 Å². The van der Waals surface area contributed by atoms with E-state index in [0.29, 0.717) is 13.2 Å². The molecule has 2 saturated heterocycles. The average Bonchev–Trinajstić information content (AvgIpc) is 3.57. The Morgan fingerprint density at radius 2 is 2.17 bits per heavy atom. The molecular weight excluding hydrogens is 462 g/mol. The number of hydrogen-bond donors (Lipinski definition) is 0. The van der Waals surface area contributed by atoms with Crippen LogP contribution in [0.4, 0.5) is 0 Å². The maximum atomic E-state index is 13.7. The zero-order chi connectivity index (χ0) is 23.9. The number of benzene rings is 1. The molecule has 1 amide bonds. The molecule has 2 fully saturated rings. The minimum atomic E-state index is -0.0941. The Morgan fingerprint density at radius 3 is 2.97 bits per heavy atom. The molecule has 0 radical (unpaired) electrons. The van der Waals surface area contributed by atoms with Gasteiger partial charge in [0.25, 0.3) is 0 Å². The molecule has 0 bridgehead atoms. The van der Waals surface area contributed by atoms with E-state index < -0.39 is 0 Å². The van der Waals surface area contributed by atoms with Crippen molar-refractivity contribution >= 4 is 17.2 Å². The number of nitriles is 1. The zero-order valence-electron chi connectivity index (χ0n) is 19.6. The lowest BCUT2D eigenvalue weighted by Gasteiger charge is -2.47. The molecule has 9 nitrogen and oxygen atoms in total. The number of tetrazole rings is 1. The third-order valence-corrected chi connectivity index (χ3v) is 8.69. The van der Waals surface area contributed by atoms with Gasteiger partial charge < -0.3 is 9.64 Å². The van der Waals surface area contributed by atoms with Crippen molar-refractivity contribution in [2.75, 3.05) is 32.8 Å². The van der Waals surface area contributed by atoms with Gasteiger partial charge in [-0.2, -0.15) is 5.26 Å². The maximum Gasteiger partial charge on any atom is 0.230 e. The van der Waals surface area contributed by atoms with Crippen LogP contribution in [-0.2, 0) is 16.0 Å². The van der Waals surface area contributed by atoms with Crippen molar-refractivity contribution in [2.45, 2.75) is 44.2 Å². The fourth-order valence-corrected chi connectivity index (χ4v) is 6.65. The summed E-state index contributed by atoms with van der Waals surface area (Å²) in [6, 6.07) is 8.68. The van der Waals surface area contributed by atoms with Crippen molar-refractivity contribution in [2.24, 2.45) is 0 Å². The van der Waals surface area contributed by atoms with Crippen LogP contribution >= 0.6 is 11.3 Å². The summed E-state index contributed by atoms with van der Waals surface area (Å²) in [7, 11) is 0. The molecule has 0 saturated carbocycles. The monoisotopic (exact) mass is 489 g/mol. The van der Waals surface area contributed by atoms with Crippen molar-refractivity contribution in [3.8, 4) is 11.8 Å². The van der Waals surface area contributed by atoms with Gasteiger partial charge in [-0.3, -0.25) is 9.69 Å². The normalized spacial score (nSPS) is 24.5. The first-order valence-electron chi connectivity index (χ1n) is 12.1. The van der Waals surface area contributed by atoms with Gasteiger partial charge in [-0.15, -0.1) is 16.4 Å². The third-order valence-electron chi connectivity index (χ3n) is 7.68. The first-order chi connectivity index (χ1) is 17.1. The smallest absolute Gasteiger partial charge is 0.230 e. The molecular formula is C25H27N7O2S. The minimum absolute atomic E-state index is 0.00791. The number of carbonyl (C=O) groups is 1. The van der Waals surface area contributed by atoms with E-state index >= 15 is 0 Å². The van der Waals surface area contributed by atoms with Crippen molar-refractivity contribution < 1.29 is 9.53 Å². The molecule has 4 heterocycles. The standard InChI is InChI=1S/C25H27N7O2S/c1-16-22(14-35-24(16)10-26)23-12-30-7-8-31(11-19(30)13-34-23)25(33)21-4-2-3-17-9-18(5-6-20(17)21)32-15-27-28-29-32/h5-6,9,14-15,19,21,23H,2-4,7-8,11-13H2,1H3. The molecule has 10 heteroatoms. The fourth-order valence-electron chi connectivity index (χ4n) is 5.73. The van der Waals surface area contributed by atoms with Gasteiger partial charge in [0.1, 0.15) is 17.3 Å². The second-order valence-electron chi connectivity index (χ2n) is 9.59. The van der Waals surface area contributed by atoms with Crippen LogP contribution in [0.15, 0.2) is 29.9 Å². The second kappa shape index (κ2) is 9.15. The fraction of sp³-hybridized carbons (Fsp3) is 0.480. The Kier molecular flexibility index (Phi) is 5.84. The molecule has 2 aromatic heterocycles. The number of thiophene rings is 1. The summed E-state index contributed by atoms with van der Waals surface area (Å²) < 4.78 is 7.90. The number of aryl methyl sites for hydroxylation is 1. The number of rotatable bonds is 3. The Bertz CT molecular complexity index is 1280. The van der Waals surface area contributed by atoms with Crippen molar-refractivity contribution in [1.82, 2.24) is 30.0 Å². The molecule has 3 aliphatic rings. The first kappa shape index (κ1) is 22.3. The summed E-state index contributed by atoms with van der Waals surface area (Å²) >= 11 is 1.49. The number of amides is 1. The van der Waals surface area contributed by atoms with E-state index in [-0.39, 0.29) is 24.0 Å². The first-order valence-corrected chi connectivity index (χ1v) is 13.0. The van der Waals surface area contributed by atoms with Gasteiger partial charge >= 0.3 is 0 Å². The Labute approximate surface area is 207 Å². The van der Waals surface area contributed by atoms with Crippen LogP contribution in [0.25, 0.3) is 5.69 Å². The van der Waals surface area contributed by atoms with Crippen molar-refractivity contribution in [1.29, 1.82) is 5.26 Å². The van der Waals surface area contributed by atoms with Gasteiger partial charge in [-0.25, -0.2) is 4.68 Å². The van der Waals surface area contributed by atoms with Gasteiger partial charge in [0.2, 0.25) is 5.91 Å². The molecule has 0 N–H and O–H groups in total. The summed E-state index contributed by atoms with van der Waals surface area (Å²) in [5, 5.41) is 22.8. The van der Waals surface area contributed by atoms with Crippen LogP contribution < -0.4 is 0 Å². The summed E-state index contributed by atoms with van der Waals surface area (Å²) in [6.07, 6.45) is 4.44. The predicted molar refractivity (Wildman–Crippen MR) is 129 cm³/mol. The number of fused-ring (bicyclic) bond motifs is 2. The number of carbonyl (C=O) groups excluding carboxylic acids is 1. The number of morpholine rings is 1. The molecule has 1 aromatic carbocycles. The maximum absolute atomic E-state index is 13.7. The number of piperazine rings is 1. The van der Waals surface area contributed by atoms with Crippen LogP contribution in [0.5, 0.6) is 0 Å². The van der Waals surface area contributed by atoms with E-state index in [4.69, 9.17) is 4.74 Å². The van der Waals surface area contributed by atoms with E-state index in [2.05, 4.69) is 44.0 Å². The third kappa shape index (κ3) is 4.03. The Morgan fingerprint density at radius 1 is 1.26 bits per heavy atom. The highest BCUT2D eigenvalue weighted by atomic mass is 32.1. The molecule has 6 rings (SSSR count). The molecule has 2 aliphatic heterocycles. The largest absolute Gasteiger partial charge is 0.370 e. The van der Waals surface area contributed by atoms with Crippen molar-refractivity contribution in [3.63, 3.8) is 0 Å². The molecule has 180 valence electrons. The highest BCUT2D eigenvalue weighted by Crippen LogP contribution is 2.36. The number of ether oxygens (including phenoxy) is 1. The molecule has 35 heavy (non-hydrogen) atoms. The number of hydrogen-bond acceptors (Lipinski definition) is 8. The van der Waals surface area contributed by atoms with E-state index in [1.165, 1.54) is 16.9 Å². The zero-order valence-corrected chi connectivity index (χ0v) is 20.4. The van der Waals surface area contributed by atoms with Gasteiger partial charge in [0.15, 0.2) is 0 Å². The van der Waals surface area contributed by atoms with E-state index in [9.17, 15) is 10.1 Å². The Hall–Kier alpha value is -3.13. The van der Waals surface area contributed by atoms with E-state index in [1.54, 1.807) is 11.0 Å². The average molecular weight is 490 g/mol. The number of aromatic nitrogens is 4.